The molecule has 0 aliphatic carbocycles. The lowest BCUT2D eigenvalue weighted by molar-refractivity contribution is -0.144. The topological polar surface area (TPSA) is 38.3 Å². The molecule has 0 saturated carbocycles. The second-order valence-corrected chi connectivity index (χ2v) is 12.9. The van der Waals surface area contributed by atoms with E-state index in [4.69, 9.17) is 4.74 Å². The Morgan fingerprint density at radius 3 is 1.71 bits per heavy atom. The van der Waals surface area contributed by atoms with Crippen molar-refractivity contribution in [2.75, 3.05) is 13.2 Å². The molecule has 0 amide bonds. The molecule has 0 heterocycles. The summed E-state index contributed by atoms with van der Waals surface area (Å²) in [4.78, 5) is 12.2. The molecule has 3 nitrogen and oxygen atoms in total. The highest BCUT2D eigenvalue weighted by Crippen LogP contribution is 2.21. The molecule has 1 N–H and O–H groups in total. The normalized spacial score (nSPS) is 12.2. The molecule has 0 aromatic carbocycles. The molecule has 1 unspecified atom stereocenters. The predicted molar refractivity (Wildman–Crippen MR) is 183 cm³/mol. The van der Waals surface area contributed by atoms with Crippen molar-refractivity contribution >= 4 is 5.97 Å². The van der Waals surface area contributed by atoms with Gasteiger partial charge in [0.05, 0.1) is 6.61 Å². The highest BCUT2D eigenvalue weighted by atomic mass is 16.5. The minimum absolute atomic E-state index is 0.0211. The lowest BCUT2D eigenvalue weighted by atomic mass is 9.92. The van der Waals surface area contributed by atoms with Gasteiger partial charge in [-0.2, -0.15) is 0 Å². The lowest BCUT2D eigenvalue weighted by Gasteiger charge is -2.19. The van der Waals surface area contributed by atoms with Crippen molar-refractivity contribution < 1.29 is 9.53 Å². The van der Waals surface area contributed by atoms with Gasteiger partial charge in [0.15, 0.2) is 0 Å². The van der Waals surface area contributed by atoms with Crippen molar-refractivity contribution in [1.82, 2.24) is 5.32 Å². The second-order valence-electron chi connectivity index (χ2n) is 12.9. The van der Waals surface area contributed by atoms with E-state index in [1.165, 1.54) is 148 Å². The van der Waals surface area contributed by atoms with Crippen LogP contribution in [0.25, 0.3) is 0 Å². The highest BCUT2D eigenvalue weighted by molar-refractivity contribution is 5.69. The van der Waals surface area contributed by atoms with Gasteiger partial charge in [0.2, 0.25) is 0 Å². The number of nitrogens with one attached hydrogen (secondary N) is 1. The van der Waals surface area contributed by atoms with E-state index in [0.29, 0.717) is 19.1 Å². The van der Waals surface area contributed by atoms with Crippen LogP contribution in [0.4, 0.5) is 0 Å². The Kier molecular flexibility index (Phi) is 33.0. The van der Waals surface area contributed by atoms with E-state index >= 15 is 0 Å². The maximum Gasteiger partial charge on any atom is 0.305 e. The third kappa shape index (κ3) is 30.4. The summed E-state index contributed by atoms with van der Waals surface area (Å²) in [5, 5.41) is 3.89. The number of unbranched alkanes of at least 4 members (excludes halogenated alkanes) is 17. The Labute approximate surface area is 258 Å². The van der Waals surface area contributed by atoms with Crippen LogP contribution in [0.5, 0.6) is 0 Å². The summed E-state index contributed by atoms with van der Waals surface area (Å²) in [5.41, 5.74) is 0. The summed E-state index contributed by atoms with van der Waals surface area (Å²) in [7, 11) is 0. The van der Waals surface area contributed by atoms with E-state index in [0.717, 1.165) is 38.1 Å². The second kappa shape index (κ2) is 33.7. The summed E-state index contributed by atoms with van der Waals surface area (Å²) in [6.45, 7) is 12.5. The predicted octanol–water partition coefficient (Wildman–Crippen LogP) is 12.3. The fraction of sp³-hybridized carbons (Fsp3) is 0.921. The van der Waals surface area contributed by atoms with Crippen molar-refractivity contribution in [3.8, 4) is 0 Å². The number of esters is 1. The molecule has 0 saturated heterocycles. The average molecular weight is 578 g/mol. The number of allylic oxidation sites excluding steroid dienone is 1. The molecule has 0 bridgehead atoms. The molecule has 0 spiro atoms. The van der Waals surface area contributed by atoms with E-state index in [2.05, 4.69) is 38.7 Å². The monoisotopic (exact) mass is 578 g/mol. The van der Waals surface area contributed by atoms with Crippen molar-refractivity contribution in [2.24, 2.45) is 5.92 Å². The van der Waals surface area contributed by atoms with Gasteiger partial charge in [-0.25, -0.2) is 0 Å². The van der Waals surface area contributed by atoms with Crippen LogP contribution in [0.15, 0.2) is 12.7 Å². The number of carbonyl (C=O) groups excluding carboxylic acids is 1. The van der Waals surface area contributed by atoms with Gasteiger partial charge in [0.1, 0.15) is 0 Å². The van der Waals surface area contributed by atoms with E-state index in [1.54, 1.807) is 0 Å². The Morgan fingerprint density at radius 1 is 0.610 bits per heavy atom. The SMILES string of the molecule is C=CCCCCC(CCCCCCCCCC)NCCCCCCCC(=O)OCCC(CCCCC)CCCCC. The van der Waals surface area contributed by atoms with Crippen LogP contribution in [-0.2, 0) is 9.53 Å². The lowest BCUT2D eigenvalue weighted by Crippen LogP contribution is -2.30. The summed E-state index contributed by atoms with van der Waals surface area (Å²) >= 11 is 0. The van der Waals surface area contributed by atoms with Gasteiger partial charge in [-0.1, -0.05) is 155 Å². The Balaban J connectivity index is 3.91. The molecule has 1 atom stereocenters. The summed E-state index contributed by atoms with van der Waals surface area (Å²) < 4.78 is 5.62. The summed E-state index contributed by atoms with van der Waals surface area (Å²) in [6.07, 6.45) is 37.7. The third-order valence-electron chi connectivity index (χ3n) is 8.83. The minimum Gasteiger partial charge on any atom is -0.466 e. The maximum absolute atomic E-state index is 12.2. The van der Waals surface area contributed by atoms with E-state index < -0.39 is 0 Å². The zero-order valence-electron chi connectivity index (χ0n) is 28.5. The van der Waals surface area contributed by atoms with Gasteiger partial charge in [-0.05, 0) is 57.4 Å². The molecule has 0 rings (SSSR count). The quantitative estimate of drug-likeness (QED) is 0.0469. The molecule has 0 aromatic heterocycles. The van der Waals surface area contributed by atoms with Crippen molar-refractivity contribution in [1.29, 1.82) is 0 Å². The number of rotatable bonds is 34. The van der Waals surface area contributed by atoms with Crippen LogP contribution in [0.3, 0.4) is 0 Å². The maximum atomic E-state index is 12.2. The van der Waals surface area contributed by atoms with Gasteiger partial charge in [-0.3, -0.25) is 4.79 Å². The molecule has 0 fully saturated rings. The van der Waals surface area contributed by atoms with Crippen LogP contribution in [0.2, 0.25) is 0 Å². The zero-order chi connectivity index (χ0) is 30.1. The van der Waals surface area contributed by atoms with Gasteiger partial charge in [0, 0.05) is 12.5 Å². The van der Waals surface area contributed by atoms with Crippen LogP contribution in [-0.4, -0.2) is 25.2 Å². The summed E-state index contributed by atoms with van der Waals surface area (Å²) in [5.74, 6) is 0.759. The number of hydrogen-bond acceptors (Lipinski definition) is 3. The van der Waals surface area contributed by atoms with Gasteiger partial charge in [0.25, 0.3) is 0 Å². The molecule has 0 radical (unpaired) electrons. The smallest absolute Gasteiger partial charge is 0.305 e. The summed E-state index contributed by atoms with van der Waals surface area (Å²) in [6, 6.07) is 0.688. The first-order chi connectivity index (χ1) is 20.2. The molecule has 0 aliphatic rings. The fourth-order valence-electron chi connectivity index (χ4n) is 5.99. The van der Waals surface area contributed by atoms with E-state index in [-0.39, 0.29) is 5.97 Å². The molecular weight excluding hydrogens is 502 g/mol. The molecule has 41 heavy (non-hydrogen) atoms. The molecular formula is C38H75NO2. The first-order valence-electron chi connectivity index (χ1n) is 18.7. The minimum atomic E-state index is 0.0211. The third-order valence-corrected chi connectivity index (χ3v) is 8.83. The molecule has 3 heteroatoms. The Hall–Kier alpha value is -0.830. The van der Waals surface area contributed by atoms with E-state index in [1.807, 2.05) is 0 Å². The van der Waals surface area contributed by atoms with Crippen molar-refractivity contribution in [3.63, 3.8) is 0 Å². The molecule has 0 aliphatic heterocycles. The standard InChI is InChI=1S/C38H75NO2/c1-5-9-13-15-16-17-19-25-31-37(30-24-14-10-6-2)39-34-27-21-18-20-26-32-38(40)41-35-33-36(28-22-11-7-3)29-23-12-8-4/h6,36-37,39H,2,5,7-35H2,1,3-4H3. The van der Waals surface area contributed by atoms with Crippen LogP contribution in [0, 0.1) is 5.92 Å². The van der Waals surface area contributed by atoms with Crippen molar-refractivity contribution in [2.45, 2.75) is 207 Å². The number of carbonyl (C=O) groups is 1. The van der Waals surface area contributed by atoms with Crippen LogP contribution in [0.1, 0.15) is 201 Å². The number of ether oxygens (including phenoxy) is 1. The van der Waals surface area contributed by atoms with Gasteiger partial charge < -0.3 is 10.1 Å². The van der Waals surface area contributed by atoms with Crippen LogP contribution >= 0.6 is 0 Å². The molecule has 0 aromatic rings. The van der Waals surface area contributed by atoms with Crippen molar-refractivity contribution in [3.05, 3.63) is 12.7 Å². The molecule has 244 valence electrons. The van der Waals surface area contributed by atoms with Gasteiger partial charge in [-0.15, -0.1) is 6.58 Å². The first kappa shape index (κ1) is 40.2. The number of hydrogen-bond donors (Lipinski definition) is 1. The van der Waals surface area contributed by atoms with Crippen LogP contribution < -0.4 is 5.32 Å². The van der Waals surface area contributed by atoms with Gasteiger partial charge >= 0.3 is 5.97 Å². The largest absolute Gasteiger partial charge is 0.466 e. The zero-order valence-corrected chi connectivity index (χ0v) is 28.5. The Bertz CT molecular complexity index is 524. The van der Waals surface area contributed by atoms with E-state index in [9.17, 15) is 4.79 Å². The first-order valence-corrected chi connectivity index (χ1v) is 18.7. The average Bonchev–Trinajstić information content (AvgIpc) is 2.97. The fourth-order valence-corrected chi connectivity index (χ4v) is 5.99. The highest BCUT2D eigenvalue weighted by Gasteiger charge is 2.11. The Morgan fingerprint density at radius 2 is 1.10 bits per heavy atom.